The van der Waals surface area contributed by atoms with Gasteiger partial charge in [0.05, 0.1) is 5.69 Å². The number of halogens is 1. The Morgan fingerprint density at radius 1 is 1.36 bits per heavy atom. The molecule has 1 aromatic carbocycles. The Balaban J connectivity index is 2.62. The zero-order valence-electron chi connectivity index (χ0n) is 6.09. The van der Waals surface area contributed by atoms with E-state index in [0.29, 0.717) is 11.4 Å². The van der Waals surface area contributed by atoms with Crippen LogP contribution in [0.3, 0.4) is 0 Å². The average Bonchev–Trinajstić information content (AvgIpc) is 2.03. The fraction of sp³-hybridized carbons (Fsp3) is 0.250. The molecule has 2 nitrogen and oxygen atoms in total. The monoisotopic (exact) mass is 155 g/mol. The first kappa shape index (κ1) is 7.85. The Morgan fingerprint density at radius 3 is 2.73 bits per heavy atom. The molecule has 0 aliphatic heterocycles. The first-order valence-electron chi connectivity index (χ1n) is 3.38. The molecule has 0 aliphatic carbocycles. The summed E-state index contributed by atoms with van der Waals surface area (Å²) in [6.45, 7) is -0.428. The van der Waals surface area contributed by atoms with Gasteiger partial charge < -0.3 is 10.5 Å². The van der Waals surface area contributed by atoms with Gasteiger partial charge in [0.15, 0.2) is 0 Å². The third-order valence-electron chi connectivity index (χ3n) is 1.25. The molecule has 0 fully saturated rings. The molecule has 0 atom stereocenters. The van der Waals surface area contributed by atoms with Crippen molar-refractivity contribution in [3.63, 3.8) is 0 Å². The smallest absolute Gasteiger partial charge is 0.142 e. The Morgan fingerprint density at radius 2 is 2.09 bits per heavy atom. The van der Waals surface area contributed by atoms with E-state index in [9.17, 15) is 4.39 Å². The standard InChI is InChI=1S/C8H10FNO/c9-5-6-11-8-4-2-1-3-7(8)10/h1-4H,5-6,10H2. The molecule has 0 bridgehead atoms. The van der Waals surface area contributed by atoms with Gasteiger partial charge in [0, 0.05) is 0 Å². The summed E-state index contributed by atoms with van der Waals surface area (Å²) in [5.74, 6) is 0.546. The van der Waals surface area contributed by atoms with E-state index < -0.39 is 6.67 Å². The van der Waals surface area contributed by atoms with Crippen molar-refractivity contribution in [1.29, 1.82) is 0 Å². The van der Waals surface area contributed by atoms with Gasteiger partial charge in [-0.1, -0.05) is 12.1 Å². The van der Waals surface area contributed by atoms with Gasteiger partial charge in [0.25, 0.3) is 0 Å². The molecule has 3 heteroatoms. The highest BCUT2D eigenvalue weighted by Gasteiger charge is 1.95. The summed E-state index contributed by atoms with van der Waals surface area (Å²) >= 11 is 0. The Hall–Kier alpha value is -1.25. The third kappa shape index (κ3) is 2.11. The molecule has 2 N–H and O–H groups in total. The highest BCUT2D eigenvalue weighted by Crippen LogP contribution is 2.19. The lowest BCUT2D eigenvalue weighted by atomic mass is 10.3. The highest BCUT2D eigenvalue weighted by atomic mass is 19.1. The fourth-order valence-corrected chi connectivity index (χ4v) is 0.761. The molecular formula is C8H10FNO. The Bertz CT molecular complexity index is 227. The number of hydrogen-bond donors (Lipinski definition) is 1. The van der Waals surface area contributed by atoms with Crippen LogP contribution in [0.4, 0.5) is 10.1 Å². The molecule has 60 valence electrons. The van der Waals surface area contributed by atoms with Gasteiger partial charge >= 0.3 is 0 Å². The first-order valence-corrected chi connectivity index (χ1v) is 3.38. The molecule has 1 rings (SSSR count). The largest absolute Gasteiger partial charge is 0.489 e. The van der Waals surface area contributed by atoms with Crippen LogP contribution >= 0.6 is 0 Å². The Kier molecular flexibility index (Phi) is 2.72. The zero-order valence-corrected chi connectivity index (χ0v) is 6.09. The maximum Gasteiger partial charge on any atom is 0.142 e. The van der Waals surface area contributed by atoms with Gasteiger partial charge in [-0.3, -0.25) is 0 Å². The maximum absolute atomic E-state index is 11.6. The van der Waals surface area contributed by atoms with Crippen molar-refractivity contribution in [2.45, 2.75) is 0 Å². The van der Waals surface area contributed by atoms with Crippen LogP contribution in [0, 0.1) is 0 Å². The molecule has 0 unspecified atom stereocenters. The quantitative estimate of drug-likeness (QED) is 0.673. The lowest BCUT2D eigenvalue weighted by Crippen LogP contribution is -2.00. The van der Waals surface area contributed by atoms with Crippen LogP contribution in [0.5, 0.6) is 5.75 Å². The van der Waals surface area contributed by atoms with Gasteiger partial charge in [-0.05, 0) is 12.1 Å². The van der Waals surface area contributed by atoms with Crippen molar-refractivity contribution in [1.82, 2.24) is 0 Å². The SMILES string of the molecule is Nc1ccccc1OCCF. The van der Waals surface area contributed by atoms with Crippen LogP contribution in [-0.2, 0) is 0 Å². The van der Waals surface area contributed by atoms with E-state index in [1.165, 1.54) is 0 Å². The third-order valence-corrected chi connectivity index (χ3v) is 1.25. The fourth-order valence-electron chi connectivity index (χ4n) is 0.761. The number of alkyl halides is 1. The van der Waals surface area contributed by atoms with Crippen molar-refractivity contribution >= 4 is 5.69 Å². The molecule has 0 spiro atoms. The first-order chi connectivity index (χ1) is 5.34. The highest BCUT2D eigenvalue weighted by molar-refractivity contribution is 5.51. The number of benzene rings is 1. The molecule has 0 saturated carbocycles. The van der Waals surface area contributed by atoms with E-state index in [1.807, 2.05) is 0 Å². The van der Waals surface area contributed by atoms with E-state index >= 15 is 0 Å². The topological polar surface area (TPSA) is 35.2 Å². The summed E-state index contributed by atoms with van der Waals surface area (Å²) in [7, 11) is 0. The Labute approximate surface area is 64.8 Å². The average molecular weight is 155 g/mol. The summed E-state index contributed by atoms with van der Waals surface area (Å²) in [6.07, 6.45) is 0. The van der Waals surface area contributed by atoms with E-state index in [-0.39, 0.29) is 6.61 Å². The van der Waals surface area contributed by atoms with E-state index in [1.54, 1.807) is 24.3 Å². The van der Waals surface area contributed by atoms with Gasteiger partial charge in [-0.2, -0.15) is 0 Å². The summed E-state index contributed by atoms with van der Waals surface area (Å²) in [4.78, 5) is 0. The second kappa shape index (κ2) is 3.81. The summed E-state index contributed by atoms with van der Waals surface area (Å²) in [5.41, 5.74) is 6.06. The van der Waals surface area contributed by atoms with E-state index in [4.69, 9.17) is 10.5 Å². The van der Waals surface area contributed by atoms with Crippen LogP contribution in [0.15, 0.2) is 24.3 Å². The van der Waals surface area contributed by atoms with Crippen LogP contribution in [-0.4, -0.2) is 13.3 Å². The minimum absolute atomic E-state index is 0.0637. The second-order valence-corrected chi connectivity index (χ2v) is 2.08. The zero-order chi connectivity index (χ0) is 8.10. The van der Waals surface area contributed by atoms with Gasteiger partial charge in [-0.25, -0.2) is 4.39 Å². The predicted octanol–water partition coefficient (Wildman–Crippen LogP) is 1.62. The molecule has 11 heavy (non-hydrogen) atoms. The molecule has 1 aromatic rings. The van der Waals surface area contributed by atoms with Crippen LogP contribution in [0.1, 0.15) is 0 Å². The molecular weight excluding hydrogens is 145 g/mol. The summed E-state index contributed by atoms with van der Waals surface area (Å²) in [6, 6.07) is 7.03. The van der Waals surface area contributed by atoms with Crippen molar-refractivity contribution in [2.75, 3.05) is 19.0 Å². The van der Waals surface area contributed by atoms with E-state index in [0.717, 1.165) is 0 Å². The number of hydrogen-bond acceptors (Lipinski definition) is 2. The van der Waals surface area contributed by atoms with Crippen LogP contribution < -0.4 is 10.5 Å². The number of rotatable bonds is 3. The number of ether oxygens (including phenoxy) is 1. The van der Waals surface area contributed by atoms with Gasteiger partial charge in [0.2, 0.25) is 0 Å². The van der Waals surface area contributed by atoms with Crippen LogP contribution in [0.2, 0.25) is 0 Å². The van der Waals surface area contributed by atoms with Crippen molar-refractivity contribution in [2.24, 2.45) is 0 Å². The number of para-hydroxylation sites is 2. The minimum Gasteiger partial charge on any atom is -0.489 e. The van der Waals surface area contributed by atoms with Crippen molar-refractivity contribution in [3.8, 4) is 5.75 Å². The molecule has 0 amide bonds. The summed E-state index contributed by atoms with van der Waals surface area (Å²) in [5, 5.41) is 0. The lowest BCUT2D eigenvalue weighted by Gasteiger charge is -2.05. The van der Waals surface area contributed by atoms with Crippen molar-refractivity contribution < 1.29 is 9.13 Å². The number of nitrogens with two attached hydrogens (primary N) is 1. The number of nitrogen functional groups attached to an aromatic ring is 1. The molecule has 0 heterocycles. The van der Waals surface area contributed by atoms with Crippen molar-refractivity contribution in [3.05, 3.63) is 24.3 Å². The predicted molar refractivity (Wildman–Crippen MR) is 42.3 cm³/mol. The second-order valence-electron chi connectivity index (χ2n) is 2.08. The normalized spacial score (nSPS) is 9.55. The molecule has 0 aromatic heterocycles. The molecule has 0 saturated heterocycles. The molecule has 0 aliphatic rings. The maximum atomic E-state index is 11.6. The van der Waals surface area contributed by atoms with Gasteiger partial charge in [0.1, 0.15) is 19.0 Å². The lowest BCUT2D eigenvalue weighted by molar-refractivity contribution is 0.274. The van der Waals surface area contributed by atoms with Crippen LogP contribution in [0.25, 0.3) is 0 Å². The number of anilines is 1. The van der Waals surface area contributed by atoms with E-state index in [2.05, 4.69) is 0 Å². The molecule has 0 radical (unpaired) electrons. The summed E-state index contributed by atoms with van der Waals surface area (Å²) < 4.78 is 16.6. The minimum atomic E-state index is -0.492. The van der Waals surface area contributed by atoms with Gasteiger partial charge in [-0.15, -0.1) is 0 Å².